The molecule has 5 rings (SSSR count). The van der Waals surface area contributed by atoms with Gasteiger partial charge in [-0.25, -0.2) is 5.01 Å². The van der Waals surface area contributed by atoms with E-state index in [4.69, 9.17) is 9.84 Å². The van der Waals surface area contributed by atoms with E-state index in [2.05, 4.69) is 4.98 Å². The zero-order valence-electron chi connectivity index (χ0n) is 14.4. The first-order valence-electron chi connectivity index (χ1n) is 8.75. The number of aromatic nitrogens is 1. The number of para-hydroxylation sites is 1. The molecule has 1 aromatic heterocycles. The van der Waals surface area contributed by atoms with Crippen LogP contribution >= 0.6 is 0 Å². The Hall–Kier alpha value is -3.54. The third-order valence-corrected chi connectivity index (χ3v) is 4.93. The molecule has 0 saturated heterocycles. The van der Waals surface area contributed by atoms with Gasteiger partial charge < -0.3 is 14.9 Å². The smallest absolute Gasteiger partial charge is 0.230 e. The molecule has 134 valence electrons. The van der Waals surface area contributed by atoms with E-state index < -0.39 is 6.23 Å². The lowest BCUT2D eigenvalue weighted by atomic mass is 9.96. The van der Waals surface area contributed by atoms with Crippen LogP contribution < -0.4 is 4.74 Å². The number of phenolic OH excluding ortho intramolecular Hbond substituents is 2. The minimum absolute atomic E-state index is 0.0290. The second kappa shape index (κ2) is 6.02. The molecule has 3 aromatic rings. The zero-order valence-corrected chi connectivity index (χ0v) is 14.4. The molecule has 0 fully saturated rings. The maximum Gasteiger partial charge on any atom is 0.230 e. The summed E-state index contributed by atoms with van der Waals surface area (Å²) in [5.41, 5.74) is 3.04. The highest BCUT2D eigenvalue weighted by Gasteiger charge is 2.41. The van der Waals surface area contributed by atoms with Crippen LogP contribution in [0.4, 0.5) is 0 Å². The number of aromatic hydroxyl groups is 2. The molecule has 2 N–H and O–H groups in total. The first kappa shape index (κ1) is 15.7. The van der Waals surface area contributed by atoms with Crippen LogP contribution in [0.5, 0.6) is 17.2 Å². The number of ether oxygens (including phenoxy) is 1. The van der Waals surface area contributed by atoms with Crippen molar-refractivity contribution in [1.29, 1.82) is 0 Å². The topological polar surface area (TPSA) is 78.2 Å². The van der Waals surface area contributed by atoms with Crippen molar-refractivity contribution < 1.29 is 14.9 Å². The van der Waals surface area contributed by atoms with Crippen LogP contribution in [0, 0.1) is 0 Å². The number of hydrogen-bond acceptors (Lipinski definition) is 6. The predicted octanol–water partition coefficient (Wildman–Crippen LogP) is 3.74. The number of pyridine rings is 1. The van der Waals surface area contributed by atoms with Crippen LogP contribution in [0.2, 0.25) is 0 Å². The van der Waals surface area contributed by atoms with E-state index in [-0.39, 0.29) is 17.5 Å². The molecule has 2 aliphatic rings. The lowest BCUT2D eigenvalue weighted by molar-refractivity contribution is -0.0218. The minimum Gasteiger partial charge on any atom is -0.508 e. The Bertz CT molecular complexity index is 1040. The van der Waals surface area contributed by atoms with Crippen molar-refractivity contribution in [1.82, 2.24) is 9.99 Å². The first-order chi connectivity index (χ1) is 13.2. The third kappa shape index (κ3) is 2.57. The van der Waals surface area contributed by atoms with E-state index >= 15 is 0 Å². The number of nitrogens with zero attached hydrogens (tertiary/aromatic N) is 3. The highest BCUT2D eigenvalue weighted by molar-refractivity contribution is 6.04. The summed E-state index contributed by atoms with van der Waals surface area (Å²) in [6, 6.07) is 18.0. The summed E-state index contributed by atoms with van der Waals surface area (Å²) in [6.07, 6.45) is 1.87. The molecule has 0 bridgehead atoms. The summed E-state index contributed by atoms with van der Waals surface area (Å²) in [7, 11) is 0. The molecule has 6 heteroatoms. The maximum atomic E-state index is 10.3. The van der Waals surface area contributed by atoms with E-state index in [1.54, 1.807) is 6.20 Å². The summed E-state index contributed by atoms with van der Waals surface area (Å²) in [4.78, 5) is 4.44. The monoisotopic (exact) mass is 359 g/mol. The number of hydrazone groups is 1. The highest BCUT2D eigenvalue weighted by Crippen LogP contribution is 2.47. The summed E-state index contributed by atoms with van der Waals surface area (Å²) in [5.74, 6) is 0.995. The van der Waals surface area contributed by atoms with Gasteiger partial charge in [0, 0.05) is 23.7 Å². The molecule has 0 saturated carbocycles. The standard InChI is InChI=1S/C21H17N3O3/c25-13-8-9-19(26)15(11-13)17-12-18-14-5-1-2-7-20(14)27-21(24(18)23-17)16-6-3-4-10-22-16/h1-11,18,21,25-26H,12H2/t18-,21-/m0/s1. The average Bonchev–Trinajstić information content (AvgIpc) is 3.15. The molecular weight excluding hydrogens is 342 g/mol. The van der Waals surface area contributed by atoms with Gasteiger partial charge in [-0.3, -0.25) is 4.98 Å². The lowest BCUT2D eigenvalue weighted by Gasteiger charge is -2.37. The quantitative estimate of drug-likeness (QED) is 0.682. The Morgan fingerprint density at radius 2 is 1.85 bits per heavy atom. The normalized spacial score (nSPS) is 20.4. The maximum absolute atomic E-state index is 10.3. The lowest BCUT2D eigenvalue weighted by Crippen LogP contribution is -2.34. The van der Waals surface area contributed by atoms with Crippen LogP contribution in [0.3, 0.4) is 0 Å². The molecule has 0 amide bonds. The molecule has 2 aliphatic heterocycles. The van der Waals surface area contributed by atoms with Gasteiger partial charge in [0.1, 0.15) is 22.9 Å². The Balaban J connectivity index is 1.62. The highest BCUT2D eigenvalue weighted by atomic mass is 16.5. The van der Waals surface area contributed by atoms with Crippen molar-refractivity contribution in [3.05, 3.63) is 83.7 Å². The Morgan fingerprint density at radius 3 is 2.70 bits per heavy atom. The Kier molecular flexibility index (Phi) is 3.50. The molecular formula is C21H17N3O3. The van der Waals surface area contributed by atoms with Crippen molar-refractivity contribution in [2.75, 3.05) is 0 Å². The summed E-state index contributed by atoms with van der Waals surface area (Å²) < 4.78 is 6.21. The summed E-state index contributed by atoms with van der Waals surface area (Å²) in [6.45, 7) is 0. The molecule has 3 heterocycles. The Morgan fingerprint density at radius 1 is 1.00 bits per heavy atom. The SMILES string of the molecule is Oc1ccc(O)c(C2=NN3[C@@H](C2)c2ccccc2O[C@H]3c2ccccn2)c1. The molecule has 2 aromatic carbocycles. The number of phenols is 2. The van der Waals surface area contributed by atoms with Crippen molar-refractivity contribution >= 4 is 5.71 Å². The van der Waals surface area contributed by atoms with E-state index in [0.29, 0.717) is 17.7 Å². The van der Waals surface area contributed by atoms with Crippen LogP contribution in [0.1, 0.15) is 35.5 Å². The number of benzene rings is 2. The van der Waals surface area contributed by atoms with Crippen LogP contribution in [-0.2, 0) is 0 Å². The summed E-state index contributed by atoms with van der Waals surface area (Å²) >= 11 is 0. The molecule has 0 spiro atoms. The van der Waals surface area contributed by atoms with Gasteiger partial charge in [0.2, 0.25) is 6.23 Å². The summed E-state index contributed by atoms with van der Waals surface area (Å²) in [5, 5.41) is 26.7. The van der Waals surface area contributed by atoms with Crippen LogP contribution in [-0.4, -0.2) is 25.9 Å². The predicted molar refractivity (Wildman–Crippen MR) is 99.6 cm³/mol. The largest absolute Gasteiger partial charge is 0.508 e. The van der Waals surface area contributed by atoms with Gasteiger partial charge >= 0.3 is 0 Å². The number of fused-ring (bicyclic) bond motifs is 3. The van der Waals surface area contributed by atoms with E-state index in [0.717, 1.165) is 17.0 Å². The fraction of sp³-hybridized carbons (Fsp3) is 0.143. The Labute approximate surface area is 156 Å². The van der Waals surface area contributed by atoms with Gasteiger partial charge in [0.05, 0.1) is 11.8 Å². The van der Waals surface area contributed by atoms with Crippen molar-refractivity contribution in [3.8, 4) is 17.2 Å². The van der Waals surface area contributed by atoms with Gasteiger partial charge in [-0.15, -0.1) is 0 Å². The second-order valence-corrected chi connectivity index (χ2v) is 6.61. The van der Waals surface area contributed by atoms with Crippen molar-refractivity contribution in [3.63, 3.8) is 0 Å². The molecule has 0 radical (unpaired) electrons. The van der Waals surface area contributed by atoms with E-state index in [1.165, 1.54) is 18.2 Å². The zero-order chi connectivity index (χ0) is 18.4. The third-order valence-electron chi connectivity index (χ3n) is 4.93. The van der Waals surface area contributed by atoms with Gasteiger partial charge in [0.25, 0.3) is 0 Å². The molecule has 27 heavy (non-hydrogen) atoms. The van der Waals surface area contributed by atoms with E-state index in [9.17, 15) is 10.2 Å². The fourth-order valence-corrected chi connectivity index (χ4v) is 3.67. The van der Waals surface area contributed by atoms with Crippen molar-refractivity contribution in [2.24, 2.45) is 5.10 Å². The van der Waals surface area contributed by atoms with Gasteiger partial charge in [0.15, 0.2) is 0 Å². The average molecular weight is 359 g/mol. The van der Waals surface area contributed by atoms with E-state index in [1.807, 2.05) is 47.5 Å². The molecule has 6 nitrogen and oxygen atoms in total. The first-order valence-corrected chi connectivity index (χ1v) is 8.75. The second-order valence-electron chi connectivity index (χ2n) is 6.61. The van der Waals surface area contributed by atoms with Crippen LogP contribution in [0.15, 0.2) is 72.0 Å². The van der Waals surface area contributed by atoms with Gasteiger partial charge in [-0.05, 0) is 36.4 Å². The molecule has 0 unspecified atom stereocenters. The van der Waals surface area contributed by atoms with Crippen molar-refractivity contribution in [2.45, 2.75) is 18.7 Å². The minimum atomic E-state index is -0.456. The van der Waals surface area contributed by atoms with Gasteiger partial charge in [-0.1, -0.05) is 24.3 Å². The number of rotatable bonds is 2. The van der Waals surface area contributed by atoms with Gasteiger partial charge in [-0.2, -0.15) is 5.10 Å². The molecule has 0 aliphatic carbocycles. The van der Waals surface area contributed by atoms with Crippen LogP contribution in [0.25, 0.3) is 0 Å². The fourth-order valence-electron chi connectivity index (χ4n) is 3.67. The number of hydrogen-bond donors (Lipinski definition) is 2. The molecule has 2 atom stereocenters.